The number of hydrogen-bond acceptors (Lipinski definition) is 1. The van der Waals surface area contributed by atoms with Gasteiger partial charge in [0, 0.05) is 0 Å². The number of thioether (sulfide) groups is 1. The van der Waals surface area contributed by atoms with E-state index in [0.29, 0.717) is 11.8 Å². The van der Waals surface area contributed by atoms with Gasteiger partial charge >= 0.3 is 0 Å². The second kappa shape index (κ2) is 3.61. The van der Waals surface area contributed by atoms with Crippen LogP contribution < -0.4 is 5.46 Å². The van der Waals surface area contributed by atoms with Crippen molar-refractivity contribution in [2.24, 2.45) is 0 Å². The SMILES string of the molecule is [BH3-]c1c(F)c(F)c(SC)c(F)c1F. The summed E-state index contributed by atoms with van der Waals surface area (Å²) in [6.45, 7) is 0. The van der Waals surface area contributed by atoms with Gasteiger partial charge in [-0.1, -0.05) is 0 Å². The molecule has 1 aromatic rings. The van der Waals surface area contributed by atoms with Crippen LogP contribution in [0.5, 0.6) is 0 Å². The summed E-state index contributed by atoms with van der Waals surface area (Å²) < 4.78 is 51.7. The van der Waals surface area contributed by atoms with E-state index in [-0.39, 0.29) is 5.46 Å². The molecule has 0 bridgehead atoms. The molecule has 0 saturated heterocycles. The molecule has 0 nitrogen and oxygen atoms in total. The standard InChI is InChI=1S/C7H6BF4S/c1-13-7-5(11)3(9)2(8)4(10)6(7)12/h1,8H3/q-1. The van der Waals surface area contributed by atoms with Gasteiger partial charge in [-0.25, -0.2) is 17.6 Å². The topological polar surface area (TPSA) is 0 Å². The van der Waals surface area contributed by atoms with Gasteiger partial charge in [0.15, 0.2) is 11.6 Å². The zero-order chi connectivity index (χ0) is 10.2. The van der Waals surface area contributed by atoms with E-state index in [1.165, 1.54) is 6.26 Å². The van der Waals surface area contributed by atoms with Crippen molar-refractivity contribution < 1.29 is 17.6 Å². The predicted octanol–water partition coefficient (Wildman–Crippen LogP) is 0.956. The van der Waals surface area contributed by atoms with Crippen LogP contribution in [0.15, 0.2) is 4.90 Å². The molecule has 1 rings (SSSR count). The van der Waals surface area contributed by atoms with Crippen molar-refractivity contribution >= 4 is 25.1 Å². The van der Waals surface area contributed by atoms with Gasteiger partial charge in [-0.3, -0.25) is 0 Å². The summed E-state index contributed by atoms with van der Waals surface area (Å²) in [6, 6.07) is 0. The summed E-state index contributed by atoms with van der Waals surface area (Å²) >= 11 is 0.657. The Labute approximate surface area is 77.7 Å². The zero-order valence-electron chi connectivity index (χ0n) is 5.92. The summed E-state index contributed by atoms with van der Waals surface area (Å²) in [4.78, 5) is -0.584. The Morgan fingerprint density at radius 3 is 1.62 bits per heavy atom. The van der Waals surface area contributed by atoms with E-state index in [1.54, 1.807) is 0 Å². The van der Waals surface area contributed by atoms with Crippen molar-refractivity contribution in [1.29, 1.82) is 0 Å². The molecule has 0 N–H and O–H groups in total. The summed E-state index contributed by atoms with van der Waals surface area (Å²) in [5.74, 6) is -4.97. The third-order valence-electron chi connectivity index (χ3n) is 1.21. The molecule has 0 amide bonds. The minimum Gasteiger partial charge on any atom is -0.207 e. The van der Waals surface area contributed by atoms with E-state index in [4.69, 9.17) is 0 Å². The zero-order valence-corrected chi connectivity index (χ0v) is 6.74. The molecule has 0 aliphatic rings. The van der Waals surface area contributed by atoms with E-state index < -0.39 is 36.0 Å². The first-order chi connectivity index (χ1) is 6.00. The van der Waals surface area contributed by atoms with Crippen LogP contribution in [0.3, 0.4) is 0 Å². The van der Waals surface area contributed by atoms with Gasteiger partial charge in [0.05, 0.1) is 4.90 Å². The molecule has 0 heterocycles. The summed E-state index contributed by atoms with van der Waals surface area (Å²) in [5, 5.41) is 0. The van der Waals surface area contributed by atoms with Crippen LogP contribution in [-0.2, 0) is 0 Å². The third-order valence-corrected chi connectivity index (χ3v) is 1.97. The fraction of sp³-hybridized carbons (Fsp3) is 0.143. The number of halogens is 4. The van der Waals surface area contributed by atoms with E-state index in [0.717, 1.165) is 0 Å². The lowest BCUT2D eigenvalue weighted by Gasteiger charge is -2.09. The van der Waals surface area contributed by atoms with Crippen molar-refractivity contribution in [3.8, 4) is 0 Å². The molecule has 0 saturated carbocycles. The van der Waals surface area contributed by atoms with Gasteiger partial charge in [0.25, 0.3) is 0 Å². The second-order valence-corrected chi connectivity index (χ2v) is 2.73. The van der Waals surface area contributed by atoms with Crippen LogP contribution in [0.4, 0.5) is 17.6 Å². The lowest BCUT2D eigenvalue weighted by Crippen LogP contribution is -2.19. The summed E-state index contributed by atoms with van der Waals surface area (Å²) in [6.07, 6.45) is 1.36. The van der Waals surface area contributed by atoms with Crippen molar-refractivity contribution in [1.82, 2.24) is 0 Å². The van der Waals surface area contributed by atoms with Crippen LogP contribution in [0, 0.1) is 23.3 Å². The molecule has 0 atom stereocenters. The first-order valence-corrected chi connectivity index (χ1v) is 4.09. The fourth-order valence-electron chi connectivity index (χ4n) is 0.681. The molecule has 0 aliphatic carbocycles. The molecule has 6 heteroatoms. The largest absolute Gasteiger partial charge is 0.207 e. The van der Waals surface area contributed by atoms with Crippen LogP contribution in [0.25, 0.3) is 0 Å². The van der Waals surface area contributed by atoms with Crippen LogP contribution >= 0.6 is 11.8 Å². The van der Waals surface area contributed by atoms with Crippen molar-refractivity contribution in [2.45, 2.75) is 4.90 Å². The Morgan fingerprint density at radius 1 is 0.923 bits per heavy atom. The second-order valence-electron chi connectivity index (χ2n) is 1.91. The van der Waals surface area contributed by atoms with Gasteiger partial charge in [-0.05, 0) is 14.1 Å². The Kier molecular flexibility index (Phi) is 2.90. The third kappa shape index (κ3) is 1.55. The maximum absolute atomic E-state index is 12.9. The Bertz CT molecular complexity index is 324. The smallest absolute Gasteiger partial charge is 0.172 e. The number of rotatable bonds is 1. The van der Waals surface area contributed by atoms with Crippen LogP contribution in [-0.4, -0.2) is 14.1 Å². The summed E-state index contributed by atoms with van der Waals surface area (Å²) in [5.41, 5.74) is -0.382. The molecular formula is C7H6BF4S-. The highest BCUT2D eigenvalue weighted by Crippen LogP contribution is 2.25. The first-order valence-electron chi connectivity index (χ1n) is 2.87. The highest BCUT2D eigenvalue weighted by molar-refractivity contribution is 7.98. The number of hydrogen-bond donors (Lipinski definition) is 0. The van der Waals surface area contributed by atoms with E-state index >= 15 is 0 Å². The molecule has 0 aromatic heterocycles. The van der Waals surface area contributed by atoms with Crippen molar-refractivity contribution in [3.63, 3.8) is 0 Å². The Morgan fingerprint density at radius 2 is 1.31 bits per heavy atom. The molecular weight excluding hydrogens is 203 g/mol. The van der Waals surface area contributed by atoms with Gasteiger partial charge < -0.3 is 0 Å². The predicted molar refractivity (Wildman–Crippen MR) is 47.6 cm³/mol. The quantitative estimate of drug-likeness (QED) is 0.287. The minimum absolute atomic E-state index is 0.382. The molecule has 0 fully saturated rings. The average Bonchev–Trinajstić information content (AvgIpc) is 2.13. The van der Waals surface area contributed by atoms with Gasteiger partial charge in [-0.15, -0.1) is 17.2 Å². The lowest BCUT2D eigenvalue weighted by molar-refractivity contribution is 0.434. The average molecular weight is 209 g/mol. The molecule has 72 valence electrons. The van der Waals surface area contributed by atoms with Crippen molar-refractivity contribution in [3.05, 3.63) is 23.3 Å². The monoisotopic (exact) mass is 209 g/mol. The minimum atomic E-state index is -1.27. The fourth-order valence-corrected chi connectivity index (χ4v) is 1.22. The molecule has 1 aromatic carbocycles. The number of benzene rings is 1. The summed E-state index contributed by atoms with van der Waals surface area (Å²) in [7, 11) is -0.903. The maximum atomic E-state index is 12.9. The molecule has 13 heavy (non-hydrogen) atoms. The van der Waals surface area contributed by atoms with E-state index in [2.05, 4.69) is 0 Å². The highest BCUT2D eigenvalue weighted by atomic mass is 32.2. The molecule has 0 spiro atoms. The van der Waals surface area contributed by atoms with Gasteiger partial charge in [0.1, 0.15) is 11.6 Å². The Hall–Kier alpha value is -0.645. The van der Waals surface area contributed by atoms with E-state index in [9.17, 15) is 17.6 Å². The van der Waals surface area contributed by atoms with Gasteiger partial charge in [-0.2, -0.15) is 0 Å². The normalized spacial score (nSPS) is 10.6. The van der Waals surface area contributed by atoms with Crippen LogP contribution in [0.2, 0.25) is 0 Å². The highest BCUT2D eigenvalue weighted by Gasteiger charge is 2.19. The van der Waals surface area contributed by atoms with Crippen molar-refractivity contribution in [2.75, 3.05) is 6.26 Å². The Balaban J connectivity index is 3.56. The first kappa shape index (κ1) is 10.4. The van der Waals surface area contributed by atoms with Crippen LogP contribution in [0.1, 0.15) is 0 Å². The van der Waals surface area contributed by atoms with Gasteiger partial charge in [0.2, 0.25) is 0 Å². The van der Waals surface area contributed by atoms with E-state index in [1.807, 2.05) is 0 Å². The maximum Gasteiger partial charge on any atom is 0.172 e. The molecule has 0 aliphatic heterocycles. The lowest BCUT2D eigenvalue weighted by atomic mass is 9.94. The molecule has 0 unspecified atom stereocenters. The molecule has 0 radical (unpaired) electrons.